The summed E-state index contributed by atoms with van der Waals surface area (Å²) in [5.74, 6) is 0.0840. The van der Waals surface area contributed by atoms with Crippen molar-refractivity contribution in [3.8, 4) is 0 Å². The molecule has 0 aliphatic carbocycles. The summed E-state index contributed by atoms with van der Waals surface area (Å²) in [5, 5.41) is 0. The number of carbonyl (C=O) groups is 2. The molecule has 1 aromatic rings. The Hall–Kier alpha value is -1.84. The summed E-state index contributed by atoms with van der Waals surface area (Å²) in [4.78, 5) is 28.6. The fourth-order valence-corrected chi connectivity index (χ4v) is 3.31. The van der Waals surface area contributed by atoms with Gasteiger partial charge in [0.2, 0.25) is 11.8 Å². The molecule has 4 nitrogen and oxygen atoms in total. The van der Waals surface area contributed by atoms with Crippen LogP contribution in [0, 0.1) is 6.92 Å². The van der Waals surface area contributed by atoms with Crippen molar-refractivity contribution in [1.82, 2.24) is 4.90 Å². The molecule has 0 N–H and O–H groups in total. The molecule has 4 heteroatoms. The highest BCUT2D eigenvalue weighted by Gasteiger charge is 2.44. The van der Waals surface area contributed by atoms with E-state index < -0.39 is 5.41 Å². The molecule has 112 valence electrons. The second-order valence-electron chi connectivity index (χ2n) is 6.62. The Kier molecular flexibility index (Phi) is 3.27. The van der Waals surface area contributed by atoms with Gasteiger partial charge in [-0.3, -0.25) is 9.59 Å². The van der Waals surface area contributed by atoms with Crippen molar-refractivity contribution >= 4 is 17.5 Å². The normalized spacial score (nSPS) is 20.0. The van der Waals surface area contributed by atoms with Crippen LogP contribution in [0.2, 0.25) is 0 Å². The van der Waals surface area contributed by atoms with Crippen LogP contribution in [0.25, 0.3) is 0 Å². The zero-order chi connectivity index (χ0) is 15.2. The quantitative estimate of drug-likeness (QED) is 0.836. The molecule has 0 bridgehead atoms. The molecule has 2 aliphatic rings. The van der Waals surface area contributed by atoms with Gasteiger partial charge in [-0.1, -0.05) is 17.7 Å². The second-order valence-corrected chi connectivity index (χ2v) is 6.62. The van der Waals surface area contributed by atoms with Crippen LogP contribution in [0.4, 0.5) is 5.69 Å². The summed E-state index contributed by atoms with van der Waals surface area (Å²) in [6, 6.07) is 6.03. The van der Waals surface area contributed by atoms with Gasteiger partial charge in [0.05, 0.1) is 5.41 Å². The molecule has 1 saturated heterocycles. The largest absolute Gasteiger partial charge is 0.341 e. The number of likely N-dealkylation sites (tertiary alicyclic amines) is 1. The Morgan fingerprint density at radius 2 is 1.90 bits per heavy atom. The molecule has 0 unspecified atom stereocenters. The molecule has 0 aromatic heterocycles. The van der Waals surface area contributed by atoms with E-state index in [9.17, 15) is 9.59 Å². The number of carbonyl (C=O) groups excluding carboxylic acids is 2. The van der Waals surface area contributed by atoms with E-state index in [1.165, 1.54) is 0 Å². The van der Waals surface area contributed by atoms with Gasteiger partial charge in [-0.05, 0) is 45.2 Å². The monoisotopic (exact) mass is 286 g/mol. The summed E-state index contributed by atoms with van der Waals surface area (Å²) in [6.45, 7) is 7.72. The fourth-order valence-electron chi connectivity index (χ4n) is 3.31. The smallest absolute Gasteiger partial charge is 0.242 e. The lowest BCUT2D eigenvalue weighted by molar-refractivity contribution is -0.131. The van der Waals surface area contributed by atoms with E-state index >= 15 is 0 Å². The van der Waals surface area contributed by atoms with Crippen LogP contribution >= 0.6 is 0 Å². The molecule has 0 radical (unpaired) electrons. The molecule has 0 spiro atoms. The number of rotatable bonds is 2. The predicted molar refractivity (Wildman–Crippen MR) is 82.4 cm³/mol. The molecule has 2 amide bonds. The number of hydrogen-bond acceptors (Lipinski definition) is 2. The van der Waals surface area contributed by atoms with Crippen LogP contribution < -0.4 is 4.90 Å². The maximum atomic E-state index is 12.7. The number of nitrogens with zero attached hydrogens (tertiary/aromatic N) is 2. The highest BCUT2D eigenvalue weighted by Crippen LogP contribution is 2.41. The SMILES string of the molecule is Cc1ccc2c(c1)C(C)(C)C(=O)N2CC(=O)N1CCCC1. The topological polar surface area (TPSA) is 40.6 Å². The van der Waals surface area contributed by atoms with E-state index in [2.05, 4.69) is 6.07 Å². The molecule has 1 fully saturated rings. The second kappa shape index (κ2) is 4.86. The van der Waals surface area contributed by atoms with E-state index in [-0.39, 0.29) is 18.4 Å². The van der Waals surface area contributed by atoms with Gasteiger partial charge in [-0.2, -0.15) is 0 Å². The predicted octanol–water partition coefficient (Wildman–Crippen LogP) is 2.24. The van der Waals surface area contributed by atoms with E-state index in [0.29, 0.717) is 0 Å². The first-order valence-corrected chi connectivity index (χ1v) is 7.62. The maximum Gasteiger partial charge on any atom is 0.242 e. The van der Waals surface area contributed by atoms with E-state index in [0.717, 1.165) is 42.7 Å². The minimum absolute atomic E-state index is 0.0237. The Morgan fingerprint density at radius 3 is 2.57 bits per heavy atom. The first-order valence-electron chi connectivity index (χ1n) is 7.62. The van der Waals surface area contributed by atoms with Crippen molar-refractivity contribution in [1.29, 1.82) is 0 Å². The van der Waals surface area contributed by atoms with Crippen LogP contribution in [0.1, 0.15) is 37.8 Å². The van der Waals surface area contributed by atoms with Crippen LogP contribution in [0.5, 0.6) is 0 Å². The lowest BCUT2D eigenvalue weighted by Gasteiger charge is -2.23. The maximum absolute atomic E-state index is 12.7. The highest BCUT2D eigenvalue weighted by molar-refractivity contribution is 6.10. The third-order valence-corrected chi connectivity index (χ3v) is 4.65. The zero-order valence-electron chi connectivity index (χ0n) is 13.0. The molecule has 3 rings (SSSR count). The summed E-state index contributed by atoms with van der Waals surface area (Å²) in [6.07, 6.45) is 2.14. The van der Waals surface area contributed by atoms with Crippen molar-refractivity contribution in [2.24, 2.45) is 0 Å². The third-order valence-electron chi connectivity index (χ3n) is 4.65. The van der Waals surface area contributed by atoms with Gasteiger partial charge >= 0.3 is 0 Å². The summed E-state index contributed by atoms with van der Waals surface area (Å²) < 4.78 is 0. The number of fused-ring (bicyclic) bond motifs is 1. The average molecular weight is 286 g/mol. The van der Waals surface area contributed by atoms with Gasteiger partial charge in [0.25, 0.3) is 0 Å². The first kappa shape index (κ1) is 14.1. The molecule has 0 saturated carbocycles. The Balaban J connectivity index is 1.90. The van der Waals surface area contributed by atoms with Gasteiger partial charge in [0.1, 0.15) is 6.54 Å². The highest BCUT2D eigenvalue weighted by atomic mass is 16.2. The van der Waals surface area contributed by atoms with Gasteiger partial charge in [0, 0.05) is 18.8 Å². The van der Waals surface area contributed by atoms with Crippen molar-refractivity contribution in [2.75, 3.05) is 24.5 Å². The minimum Gasteiger partial charge on any atom is -0.341 e. The van der Waals surface area contributed by atoms with Gasteiger partial charge in [-0.15, -0.1) is 0 Å². The Morgan fingerprint density at radius 1 is 1.24 bits per heavy atom. The number of anilines is 1. The number of aryl methyl sites for hydroxylation is 1. The van der Waals surface area contributed by atoms with Crippen LogP contribution in [-0.2, 0) is 15.0 Å². The lowest BCUT2D eigenvalue weighted by atomic mass is 9.85. The third kappa shape index (κ3) is 2.23. The Labute approximate surface area is 125 Å². The van der Waals surface area contributed by atoms with Crippen molar-refractivity contribution in [3.63, 3.8) is 0 Å². The molecule has 2 aliphatic heterocycles. The fraction of sp³-hybridized carbons (Fsp3) is 0.529. The van der Waals surface area contributed by atoms with Crippen LogP contribution in [0.3, 0.4) is 0 Å². The number of amides is 2. The van der Waals surface area contributed by atoms with Crippen molar-refractivity contribution in [2.45, 2.75) is 39.0 Å². The number of benzene rings is 1. The summed E-state index contributed by atoms with van der Waals surface area (Å²) in [5.41, 5.74) is 2.51. The standard InChI is InChI=1S/C17H22N2O2/c1-12-6-7-14-13(10-12)17(2,3)16(21)19(14)11-15(20)18-8-4-5-9-18/h6-7,10H,4-5,8-9,11H2,1-3H3. The summed E-state index contributed by atoms with van der Waals surface area (Å²) in [7, 11) is 0. The minimum atomic E-state index is -0.549. The van der Waals surface area contributed by atoms with E-state index in [4.69, 9.17) is 0 Å². The molecular weight excluding hydrogens is 264 g/mol. The zero-order valence-corrected chi connectivity index (χ0v) is 13.0. The van der Waals surface area contributed by atoms with Crippen molar-refractivity contribution in [3.05, 3.63) is 29.3 Å². The Bertz CT molecular complexity index is 601. The molecule has 0 atom stereocenters. The van der Waals surface area contributed by atoms with Crippen LogP contribution in [-0.4, -0.2) is 36.3 Å². The first-order chi connectivity index (χ1) is 9.91. The summed E-state index contributed by atoms with van der Waals surface area (Å²) >= 11 is 0. The van der Waals surface area contributed by atoms with Gasteiger partial charge in [0.15, 0.2) is 0 Å². The van der Waals surface area contributed by atoms with Gasteiger partial charge in [-0.25, -0.2) is 0 Å². The van der Waals surface area contributed by atoms with E-state index in [1.54, 1.807) is 4.90 Å². The number of hydrogen-bond donors (Lipinski definition) is 0. The van der Waals surface area contributed by atoms with E-state index in [1.807, 2.05) is 37.8 Å². The average Bonchev–Trinajstić information content (AvgIpc) is 3.03. The molecule has 1 aromatic carbocycles. The molecule has 21 heavy (non-hydrogen) atoms. The van der Waals surface area contributed by atoms with Crippen LogP contribution in [0.15, 0.2) is 18.2 Å². The van der Waals surface area contributed by atoms with Crippen molar-refractivity contribution < 1.29 is 9.59 Å². The van der Waals surface area contributed by atoms with Gasteiger partial charge < -0.3 is 9.80 Å². The molecular formula is C17H22N2O2. The lowest BCUT2D eigenvalue weighted by Crippen LogP contribution is -2.43. The molecule has 2 heterocycles.